The Balaban J connectivity index is 2.40. The van der Waals surface area contributed by atoms with Gasteiger partial charge in [-0.1, -0.05) is 0 Å². The fourth-order valence-electron chi connectivity index (χ4n) is 0.827. The molecule has 1 aliphatic rings. The lowest BCUT2D eigenvalue weighted by Crippen LogP contribution is -2.27. The van der Waals surface area contributed by atoms with Gasteiger partial charge in [0.25, 0.3) is 0 Å². The van der Waals surface area contributed by atoms with Crippen LogP contribution in [0, 0.1) is 0 Å². The Hall–Kier alpha value is -0.180. The van der Waals surface area contributed by atoms with Crippen molar-refractivity contribution < 1.29 is 8.78 Å². The van der Waals surface area contributed by atoms with Gasteiger partial charge in [-0.3, -0.25) is 0 Å². The van der Waals surface area contributed by atoms with Crippen LogP contribution in [0.3, 0.4) is 0 Å². The van der Waals surface area contributed by atoms with E-state index in [1.165, 1.54) is 0 Å². The van der Waals surface area contributed by atoms with E-state index in [-0.39, 0.29) is 6.54 Å². The van der Waals surface area contributed by atoms with Crippen LogP contribution in [0.5, 0.6) is 0 Å². The number of hydrogen-bond acceptors (Lipinski definition) is 1. The van der Waals surface area contributed by atoms with E-state index in [0.717, 1.165) is 0 Å². The standard InChI is InChI=1S/C5H9F2N/c6-3-5(7)1-2-8-4-5/h8H,1-4H2. The van der Waals surface area contributed by atoms with E-state index in [4.69, 9.17) is 0 Å². The molecule has 1 unspecified atom stereocenters. The maximum absolute atomic E-state index is 12.6. The lowest BCUT2D eigenvalue weighted by Gasteiger charge is -2.10. The molecule has 3 heteroatoms. The molecule has 1 rings (SSSR count). The third kappa shape index (κ3) is 0.968. The highest BCUT2D eigenvalue weighted by atomic mass is 19.2. The molecule has 0 aromatic heterocycles. The van der Waals surface area contributed by atoms with E-state index in [0.29, 0.717) is 13.0 Å². The molecule has 0 bridgehead atoms. The van der Waals surface area contributed by atoms with Crippen molar-refractivity contribution in [3.05, 3.63) is 0 Å². The summed E-state index contributed by atoms with van der Waals surface area (Å²) < 4.78 is 24.3. The topological polar surface area (TPSA) is 12.0 Å². The van der Waals surface area contributed by atoms with E-state index in [9.17, 15) is 8.78 Å². The van der Waals surface area contributed by atoms with Crippen LogP contribution in [0.15, 0.2) is 0 Å². The zero-order valence-corrected chi connectivity index (χ0v) is 4.58. The number of rotatable bonds is 1. The maximum Gasteiger partial charge on any atom is 0.152 e. The predicted octanol–water partition coefficient (Wildman–Crippen LogP) is 0.657. The average molecular weight is 121 g/mol. The van der Waals surface area contributed by atoms with Gasteiger partial charge in [0.1, 0.15) is 6.67 Å². The molecule has 1 atom stereocenters. The number of halogens is 2. The highest BCUT2D eigenvalue weighted by Gasteiger charge is 2.33. The van der Waals surface area contributed by atoms with Crippen molar-refractivity contribution in [1.29, 1.82) is 0 Å². The first-order chi connectivity index (χ1) is 3.77. The second-order valence-corrected chi connectivity index (χ2v) is 2.21. The molecule has 1 N–H and O–H groups in total. The molecular weight excluding hydrogens is 112 g/mol. The van der Waals surface area contributed by atoms with E-state index in [1.54, 1.807) is 0 Å². The Morgan fingerprint density at radius 3 is 2.62 bits per heavy atom. The molecule has 1 heterocycles. The van der Waals surface area contributed by atoms with Gasteiger partial charge in [-0.05, 0) is 13.0 Å². The summed E-state index contributed by atoms with van der Waals surface area (Å²) in [6.45, 7) is -0.0517. The van der Waals surface area contributed by atoms with Crippen molar-refractivity contribution in [2.24, 2.45) is 0 Å². The third-order valence-electron chi connectivity index (χ3n) is 1.43. The van der Waals surface area contributed by atoms with Crippen molar-refractivity contribution in [3.63, 3.8) is 0 Å². The first-order valence-electron chi connectivity index (χ1n) is 2.72. The predicted molar refractivity (Wildman–Crippen MR) is 27.3 cm³/mol. The smallest absolute Gasteiger partial charge is 0.152 e. The SMILES string of the molecule is FCC1(F)CCNC1. The Morgan fingerprint density at radius 2 is 2.38 bits per heavy atom. The zero-order chi connectivity index (χ0) is 6.04. The fourth-order valence-corrected chi connectivity index (χ4v) is 0.827. The van der Waals surface area contributed by atoms with Crippen LogP contribution >= 0.6 is 0 Å². The Bertz CT molecular complexity index is 78.5. The van der Waals surface area contributed by atoms with E-state index < -0.39 is 12.3 Å². The van der Waals surface area contributed by atoms with Gasteiger partial charge in [0, 0.05) is 6.54 Å². The molecule has 0 aromatic carbocycles. The molecule has 0 amide bonds. The number of hydrogen-bond donors (Lipinski definition) is 1. The lowest BCUT2D eigenvalue weighted by molar-refractivity contribution is 0.143. The number of alkyl halides is 2. The molecule has 8 heavy (non-hydrogen) atoms. The quantitative estimate of drug-likeness (QED) is 0.537. The minimum atomic E-state index is -1.54. The summed E-state index contributed by atoms with van der Waals surface area (Å²) in [5.74, 6) is 0. The summed E-state index contributed by atoms with van der Waals surface area (Å²) in [5.41, 5.74) is -1.54. The Kier molecular flexibility index (Phi) is 1.47. The summed E-state index contributed by atoms with van der Waals surface area (Å²) in [6.07, 6.45) is 0.323. The summed E-state index contributed by atoms with van der Waals surface area (Å²) in [4.78, 5) is 0. The fraction of sp³-hybridized carbons (Fsp3) is 1.00. The normalized spacial score (nSPS) is 38.2. The highest BCUT2D eigenvalue weighted by molar-refractivity contribution is 4.87. The van der Waals surface area contributed by atoms with Crippen molar-refractivity contribution in [2.45, 2.75) is 12.1 Å². The molecule has 0 spiro atoms. The van der Waals surface area contributed by atoms with E-state index >= 15 is 0 Å². The van der Waals surface area contributed by atoms with Gasteiger partial charge in [-0.2, -0.15) is 0 Å². The molecule has 0 aromatic rings. The first-order valence-corrected chi connectivity index (χ1v) is 2.72. The van der Waals surface area contributed by atoms with Crippen molar-refractivity contribution in [1.82, 2.24) is 5.32 Å². The molecule has 0 aliphatic carbocycles. The molecular formula is C5H9F2N. The van der Waals surface area contributed by atoms with Gasteiger partial charge in [0.2, 0.25) is 0 Å². The lowest BCUT2D eigenvalue weighted by atomic mass is 10.1. The maximum atomic E-state index is 12.6. The summed E-state index contributed by atoms with van der Waals surface area (Å²) in [6, 6.07) is 0. The van der Waals surface area contributed by atoms with Crippen LogP contribution in [0.4, 0.5) is 8.78 Å². The van der Waals surface area contributed by atoms with Gasteiger partial charge in [0.05, 0.1) is 0 Å². The van der Waals surface area contributed by atoms with Crippen LogP contribution in [-0.2, 0) is 0 Å². The van der Waals surface area contributed by atoms with Gasteiger partial charge in [-0.25, -0.2) is 8.78 Å². The van der Waals surface area contributed by atoms with Crippen molar-refractivity contribution in [3.8, 4) is 0 Å². The first kappa shape index (κ1) is 5.95. The molecule has 1 nitrogen and oxygen atoms in total. The Morgan fingerprint density at radius 1 is 1.62 bits per heavy atom. The van der Waals surface area contributed by atoms with Gasteiger partial charge in [-0.15, -0.1) is 0 Å². The highest BCUT2D eigenvalue weighted by Crippen LogP contribution is 2.19. The van der Waals surface area contributed by atoms with Crippen LogP contribution in [0.2, 0.25) is 0 Å². The second-order valence-electron chi connectivity index (χ2n) is 2.21. The minimum absolute atomic E-state index is 0.184. The van der Waals surface area contributed by atoms with Crippen molar-refractivity contribution >= 4 is 0 Å². The monoisotopic (exact) mass is 121 g/mol. The average Bonchev–Trinajstić information content (AvgIpc) is 2.17. The molecule has 1 aliphatic heterocycles. The molecule has 1 saturated heterocycles. The van der Waals surface area contributed by atoms with Crippen LogP contribution in [0.25, 0.3) is 0 Å². The van der Waals surface area contributed by atoms with Crippen LogP contribution in [-0.4, -0.2) is 25.4 Å². The second kappa shape index (κ2) is 1.97. The minimum Gasteiger partial charge on any atom is -0.313 e. The summed E-state index contributed by atoms with van der Waals surface area (Å²) in [5, 5.41) is 2.75. The molecule has 0 radical (unpaired) electrons. The summed E-state index contributed by atoms with van der Waals surface area (Å²) >= 11 is 0. The number of nitrogens with one attached hydrogen (secondary N) is 1. The zero-order valence-electron chi connectivity index (χ0n) is 4.58. The van der Waals surface area contributed by atoms with E-state index in [2.05, 4.69) is 5.32 Å². The molecule has 48 valence electrons. The molecule has 1 fully saturated rings. The summed E-state index contributed by atoms with van der Waals surface area (Å²) in [7, 11) is 0. The third-order valence-corrected chi connectivity index (χ3v) is 1.43. The molecule has 0 saturated carbocycles. The van der Waals surface area contributed by atoms with Gasteiger partial charge in [0.15, 0.2) is 5.67 Å². The van der Waals surface area contributed by atoms with Gasteiger partial charge >= 0.3 is 0 Å². The van der Waals surface area contributed by atoms with E-state index in [1.807, 2.05) is 0 Å². The van der Waals surface area contributed by atoms with Crippen LogP contribution < -0.4 is 5.32 Å². The van der Waals surface area contributed by atoms with Gasteiger partial charge < -0.3 is 5.32 Å². The van der Waals surface area contributed by atoms with Crippen LogP contribution in [0.1, 0.15) is 6.42 Å². The largest absolute Gasteiger partial charge is 0.313 e. The Labute approximate surface area is 47.1 Å². The van der Waals surface area contributed by atoms with Crippen molar-refractivity contribution in [2.75, 3.05) is 19.8 Å².